The molecule has 90 valence electrons. The molecule has 0 atom stereocenters. The van der Waals surface area contributed by atoms with Crippen LogP contribution in [0.2, 0.25) is 0 Å². The summed E-state index contributed by atoms with van der Waals surface area (Å²) < 4.78 is 9.09. The minimum Gasteiger partial charge on any atom is -0.463 e. The molecule has 0 aromatic carbocycles. The van der Waals surface area contributed by atoms with Gasteiger partial charge in [0.2, 0.25) is 0 Å². The molecule has 1 amide bonds. The van der Waals surface area contributed by atoms with E-state index in [0.29, 0.717) is 6.29 Å². The first-order chi connectivity index (χ1) is 7.65. The Bertz CT molecular complexity index is 274. The van der Waals surface area contributed by atoms with Crippen molar-refractivity contribution in [3.8, 4) is 0 Å². The number of carbonyl (C=O) groups is 3. The monoisotopic (exact) mass is 229 g/mol. The van der Waals surface area contributed by atoms with Crippen LogP contribution in [0.25, 0.3) is 0 Å². The Morgan fingerprint density at radius 1 is 1.31 bits per heavy atom. The summed E-state index contributed by atoms with van der Waals surface area (Å²) in [6.07, 6.45) is 2.58. The summed E-state index contributed by atoms with van der Waals surface area (Å²) in [5, 5.41) is 0. The van der Waals surface area contributed by atoms with Gasteiger partial charge in [0.15, 0.2) is 0 Å². The lowest BCUT2D eigenvalue weighted by atomic mass is 10.4. The molecule has 0 saturated carbocycles. The van der Waals surface area contributed by atoms with Crippen molar-refractivity contribution in [1.82, 2.24) is 4.90 Å². The minimum absolute atomic E-state index is 0.0835. The Kier molecular flexibility index (Phi) is 7.48. The second-order valence-corrected chi connectivity index (χ2v) is 2.70. The summed E-state index contributed by atoms with van der Waals surface area (Å²) in [7, 11) is 1.22. The lowest BCUT2D eigenvalue weighted by Crippen LogP contribution is -2.32. The standard InChI is InChI=1S/C10H15NO5/c1-3-16-9(13)5-4-6-11(7-8-12)10(14)15-2/h4-5,8H,3,6-7H2,1-2H3/b5-4+. The highest BCUT2D eigenvalue weighted by atomic mass is 16.5. The van der Waals surface area contributed by atoms with Crippen LogP contribution in [0.3, 0.4) is 0 Å². The van der Waals surface area contributed by atoms with E-state index in [1.807, 2.05) is 0 Å². The fourth-order valence-corrected chi connectivity index (χ4v) is 0.909. The van der Waals surface area contributed by atoms with Crippen molar-refractivity contribution in [2.75, 3.05) is 26.8 Å². The van der Waals surface area contributed by atoms with Crippen molar-refractivity contribution in [1.29, 1.82) is 0 Å². The summed E-state index contributed by atoms with van der Waals surface area (Å²) in [6.45, 7) is 2.02. The first kappa shape index (κ1) is 14.2. The molecular weight excluding hydrogens is 214 g/mol. The number of methoxy groups -OCH3 is 1. The van der Waals surface area contributed by atoms with Gasteiger partial charge in [0.25, 0.3) is 0 Å². The highest BCUT2D eigenvalue weighted by Gasteiger charge is 2.10. The fourth-order valence-electron chi connectivity index (χ4n) is 0.909. The van der Waals surface area contributed by atoms with Crippen LogP contribution in [0, 0.1) is 0 Å². The van der Waals surface area contributed by atoms with Crippen molar-refractivity contribution in [3.63, 3.8) is 0 Å². The number of hydrogen-bond acceptors (Lipinski definition) is 5. The maximum atomic E-state index is 11.1. The molecular formula is C10H15NO5. The molecule has 0 unspecified atom stereocenters. The van der Waals surface area contributed by atoms with E-state index in [2.05, 4.69) is 9.47 Å². The third-order valence-corrected chi connectivity index (χ3v) is 1.59. The summed E-state index contributed by atoms with van der Waals surface area (Å²) in [5.41, 5.74) is 0. The van der Waals surface area contributed by atoms with Gasteiger partial charge >= 0.3 is 12.1 Å². The number of hydrogen-bond donors (Lipinski definition) is 0. The van der Waals surface area contributed by atoms with Crippen LogP contribution < -0.4 is 0 Å². The van der Waals surface area contributed by atoms with Crippen molar-refractivity contribution in [3.05, 3.63) is 12.2 Å². The molecule has 0 aromatic rings. The maximum Gasteiger partial charge on any atom is 0.410 e. The summed E-state index contributed by atoms with van der Waals surface area (Å²) in [5.74, 6) is -0.488. The van der Waals surface area contributed by atoms with Gasteiger partial charge in [0.05, 0.1) is 20.3 Å². The van der Waals surface area contributed by atoms with Gasteiger partial charge in [0.1, 0.15) is 6.29 Å². The average Bonchev–Trinajstić information content (AvgIpc) is 2.27. The van der Waals surface area contributed by atoms with E-state index in [0.717, 1.165) is 4.90 Å². The molecule has 0 N–H and O–H groups in total. The molecule has 0 aliphatic heterocycles. The number of esters is 1. The largest absolute Gasteiger partial charge is 0.463 e. The third kappa shape index (κ3) is 5.79. The van der Waals surface area contributed by atoms with Gasteiger partial charge in [-0.25, -0.2) is 9.59 Å². The van der Waals surface area contributed by atoms with Gasteiger partial charge in [-0.15, -0.1) is 0 Å². The summed E-state index contributed by atoms with van der Waals surface area (Å²) in [6, 6.07) is 0. The van der Waals surface area contributed by atoms with Crippen molar-refractivity contribution in [2.45, 2.75) is 6.92 Å². The summed E-state index contributed by atoms with van der Waals surface area (Å²) in [4.78, 5) is 33.4. The Morgan fingerprint density at radius 3 is 2.50 bits per heavy atom. The number of amides is 1. The van der Waals surface area contributed by atoms with Crippen LogP contribution in [0.15, 0.2) is 12.2 Å². The zero-order valence-electron chi connectivity index (χ0n) is 9.34. The third-order valence-electron chi connectivity index (χ3n) is 1.59. The highest BCUT2D eigenvalue weighted by Crippen LogP contribution is 1.92. The normalized spacial score (nSPS) is 9.88. The quantitative estimate of drug-likeness (QED) is 0.374. The maximum absolute atomic E-state index is 11.1. The van der Waals surface area contributed by atoms with Crippen molar-refractivity contribution in [2.24, 2.45) is 0 Å². The molecule has 0 aromatic heterocycles. The van der Waals surface area contributed by atoms with E-state index in [-0.39, 0.29) is 19.7 Å². The average molecular weight is 229 g/mol. The van der Waals surface area contributed by atoms with Crippen LogP contribution in [0.1, 0.15) is 6.92 Å². The van der Waals surface area contributed by atoms with Crippen molar-refractivity contribution >= 4 is 18.3 Å². The Labute approximate surface area is 93.8 Å². The van der Waals surface area contributed by atoms with Gasteiger partial charge in [-0.3, -0.25) is 4.90 Å². The number of ether oxygens (including phenoxy) is 2. The molecule has 0 bridgehead atoms. The van der Waals surface area contributed by atoms with Crippen LogP contribution in [-0.2, 0) is 19.1 Å². The van der Waals surface area contributed by atoms with Crippen molar-refractivity contribution < 1.29 is 23.9 Å². The van der Waals surface area contributed by atoms with Crippen LogP contribution in [0.4, 0.5) is 4.79 Å². The Hall–Kier alpha value is -1.85. The van der Waals surface area contributed by atoms with E-state index in [1.54, 1.807) is 6.92 Å². The first-order valence-electron chi connectivity index (χ1n) is 4.75. The smallest absolute Gasteiger partial charge is 0.410 e. The lowest BCUT2D eigenvalue weighted by molar-refractivity contribution is -0.137. The molecule has 0 aliphatic carbocycles. The minimum atomic E-state index is -0.624. The van der Waals surface area contributed by atoms with Crippen LogP contribution in [-0.4, -0.2) is 50.1 Å². The zero-order valence-corrected chi connectivity index (χ0v) is 9.34. The SMILES string of the molecule is CCOC(=O)/C=C/CN(CC=O)C(=O)OC. The Balaban J connectivity index is 4.15. The molecule has 16 heavy (non-hydrogen) atoms. The van der Waals surface area contributed by atoms with E-state index in [1.165, 1.54) is 19.3 Å². The molecule has 0 spiro atoms. The van der Waals surface area contributed by atoms with Gasteiger partial charge in [-0.1, -0.05) is 6.08 Å². The molecule has 0 aliphatic rings. The summed E-state index contributed by atoms with van der Waals surface area (Å²) >= 11 is 0. The second-order valence-electron chi connectivity index (χ2n) is 2.70. The first-order valence-corrected chi connectivity index (χ1v) is 4.75. The molecule has 0 heterocycles. The Morgan fingerprint density at radius 2 is 2.00 bits per heavy atom. The van der Waals surface area contributed by atoms with E-state index in [9.17, 15) is 14.4 Å². The molecule has 0 fully saturated rings. The predicted octanol–water partition coefficient (Wildman–Crippen LogP) is 0.373. The van der Waals surface area contributed by atoms with E-state index in [4.69, 9.17) is 0 Å². The topological polar surface area (TPSA) is 72.9 Å². The lowest BCUT2D eigenvalue weighted by Gasteiger charge is -2.15. The van der Waals surface area contributed by atoms with E-state index < -0.39 is 12.1 Å². The molecule has 6 heteroatoms. The predicted molar refractivity (Wildman–Crippen MR) is 55.8 cm³/mol. The van der Waals surface area contributed by atoms with Gasteiger partial charge in [-0.05, 0) is 6.92 Å². The number of nitrogens with zero attached hydrogens (tertiary/aromatic N) is 1. The van der Waals surface area contributed by atoms with Gasteiger partial charge in [-0.2, -0.15) is 0 Å². The van der Waals surface area contributed by atoms with Crippen LogP contribution in [0.5, 0.6) is 0 Å². The molecule has 0 saturated heterocycles. The molecule has 0 rings (SSSR count). The van der Waals surface area contributed by atoms with E-state index >= 15 is 0 Å². The fraction of sp³-hybridized carbons (Fsp3) is 0.500. The van der Waals surface area contributed by atoms with Gasteiger partial charge < -0.3 is 14.3 Å². The second kappa shape index (κ2) is 8.46. The number of rotatable bonds is 6. The van der Waals surface area contributed by atoms with Gasteiger partial charge in [0, 0.05) is 12.6 Å². The zero-order chi connectivity index (χ0) is 12.4. The van der Waals surface area contributed by atoms with Crippen LogP contribution >= 0.6 is 0 Å². The number of carbonyl (C=O) groups excluding carboxylic acids is 3. The highest BCUT2D eigenvalue weighted by molar-refractivity contribution is 5.82. The number of aldehydes is 1. The molecule has 6 nitrogen and oxygen atoms in total. The molecule has 0 radical (unpaired) electrons.